The van der Waals surface area contributed by atoms with Crippen LogP contribution in [0.2, 0.25) is 0 Å². The molecule has 0 rings (SSSR count). The number of rotatable bonds is 25. The van der Waals surface area contributed by atoms with Gasteiger partial charge in [0.25, 0.3) is 0 Å². The second kappa shape index (κ2) is 30.9. The van der Waals surface area contributed by atoms with Gasteiger partial charge in [-0.1, -0.05) is 122 Å². The summed E-state index contributed by atoms with van der Waals surface area (Å²) in [6, 6.07) is 1.23. The van der Waals surface area contributed by atoms with Crippen molar-refractivity contribution < 1.29 is 0 Å². The zero-order chi connectivity index (χ0) is 25.7. The maximum atomic E-state index is 6.15. The highest BCUT2D eigenvalue weighted by Crippen LogP contribution is 2.13. The van der Waals surface area contributed by atoms with Crippen LogP contribution in [0.25, 0.3) is 0 Å². The van der Waals surface area contributed by atoms with Gasteiger partial charge in [-0.3, -0.25) is 0 Å². The molecule has 0 saturated heterocycles. The Morgan fingerprint density at radius 3 is 1.03 bits per heavy atom. The van der Waals surface area contributed by atoms with Gasteiger partial charge in [-0.05, 0) is 52.5 Å². The fraction of sp³-hybridized carbons (Fsp3) is 1.00. The van der Waals surface area contributed by atoms with Crippen molar-refractivity contribution in [1.29, 1.82) is 0 Å². The zero-order valence-electron chi connectivity index (χ0n) is 24.0. The van der Waals surface area contributed by atoms with Crippen LogP contribution in [0.1, 0.15) is 168 Å². The fourth-order valence-electron chi connectivity index (χ4n) is 4.41. The summed E-state index contributed by atoms with van der Waals surface area (Å²) in [6.45, 7) is 7.29. The Kier molecular flexibility index (Phi) is 32.7. The van der Waals surface area contributed by atoms with E-state index in [1.807, 2.05) is 0 Å². The highest BCUT2D eigenvalue weighted by Gasteiger charge is 2.02. The van der Waals surface area contributed by atoms with E-state index in [4.69, 9.17) is 22.9 Å². The average Bonchev–Trinajstić information content (AvgIpc) is 2.80. The molecule has 0 aliphatic carbocycles. The smallest absolute Gasteiger partial charge is 0.00388 e. The van der Waals surface area contributed by atoms with Crippen LogP contribution in [0.3, 0.4) is 0 Å². The van der Waals surface area contributed by atoms with Gasteiger partial charge in [0, 0.05) is 18.1 Å². The number of nitrogens with two attached hydrogens (primary N) is 4. The summed E-state index contributed by atoms with van der Waals surface area (Å²) in [4.78, 5) is 0. The minimum Gasteiger partial charge on any atom is -0.330 e. The Balaban J connectivity index is 0. The molecule has 0 bridgehead atoms. The maximum absolute atomic E-state index is 6.15. The molecule has 0 fully saturated rings. The number of unbranched alkanes of at least 4 members (excludes halogenated alkanes) is 16. The maximum Gasteiger partial charge on any atom is 0.00388 e. The summed E-state index contributed by atoms with van der Waals surface area (Å²) < 4.78 is 0. The van der Waals surface area contributed by atoms with E-state index in [1.54, 1.807) is 0 Å². The highest BCUT2D eigenvalue weighted by atomic mass is 14.6. The van der Waals surface area contributed by atoms with Crippen molar-refractivity contribution in [2.75, 3.05) is 6.54 Å². The molecule has 4 heteroatoms. The lowest BCUT2D eigenvalue weighted by Gasteiger charge is -2.11. The summed E-state index contributed by atoms with van der Waals surface area (Å²) in [5.74, 6) is 0. The number of hydrogen-bond acceptors (Lipinski definition) is 4. The first-order valence-electron chi connectivity index (χ1n) is 15.4. The van der Waals surface area contributed by atoms with Crippen LogP contribution < -0.4 is 22.9 Å². The minimum atomic E-state index is 0.382. The Morgan fingerprint density at radius 2 is 0.706 bits per heavy atom. The standard InChI is InChI=1S/C18H40N2.C12H28N2/c1-2-3-4-12-15-18(20)16-13-10-8-6-5-7-9-11-14-17-19;1-11(13)9-7-5-3-4-6-8-10-12(2)14/h18H,2-17,19-20H2,1H3;11-12H,3-10,13-14H2,1-2H3. The van der Waals surface area contributed by atoms with Crippen molar-refractivity contribution in [2.24, 2.45) is 22.9 Å². The SMILES string of the molecule is CC(N)CCCCCCCCC(C)N.CCCCCCC(N)CCCCCCCCCCCN. The lowest BCUT2D eigenvalue weighted by Crippen LogP contribution is -2.19. The normalized spacial score (nSPS) is 13.9. The van der Waals surface area contributed by atoms with E-state index >= 15 is 0 Å². The second-order valence-electron chi connectivity index (χ2n) is 11.0. The molecule has 208 valence electrons. The summed E-state index contributed by atoms with van der Waals surface area (Å²) in [7, 11) is 0. The quantitative estimate of drug-likeness (QED) is 0.0986. The molecule has 0 aliphatic rings. The monoisotopic (exact) mass is 485 g/mol. The van der Waals surface area contributed by atoms with Gasteiger partial charge in [0.05, 0.1) is 0 Å². The third kappa shape index (κ3) is 36.4. The largest absolute Gasteiger partial charge is 0.330 e. The molecular weight excluding hydrogens is 416 g/mol. The molecule has 0 aromatic heterocycles. The minimum absolute atomic E-state index is 0.382. The third-order valence-electron chi connectivity index (χ3n) is 6.78. The Morgan fingerprint density at radius 1 is 0.412 bits per heavy atom. The van der Waals surface area contributed by atoms with Gasteiger partial charge < -0.3 is 22.9 Å². The molecule has 0 saturated carbocycles. The predicted octanol–water partition coefficient (Wildman–Crippen LogP) is 7.95. The van der Waals surface area contributed by atoms with E-state index < -0.39 is 0 Å². The van der Waals surface area contributed by atoms with Crippen molar-refractivity contribution in [1.82, 2.24) is 0 Å². The van der Waals surface area contributed by atoms with Crippen LogP contribution in [0.15, 0.2) is 0 Å². The first kappa shape index (κ1) is 36.0. The van der Waals surface area contributed by atoms with E-state index in [-0.39, 0.29) is 0 Å². The lowest BCUT2D eigenvalue weighted by atomic mass is 10.0. The van der Waals surface area contributed by atoms with Gasteiger partial charge in [0.2, 0.25) is 0 Å². The highest BCUT2D eigenvalue weighted by molar-refractivity contribution is 4.62. The van der Waals surface area contributed by atoms with E-state index in [9.17, 15) is 0 Å². The molecule has 0 radical (unpaired) electrons. The van der Waals surface area contributed by atoms with Crippen molar-refractivity contribution in [3.05, 3.63) is 0 Å². The molecular formula is C30H68N4. The van der Waals surface area contributed by atoms with E-state index in [0.717, 1.165) is 6.54 Å². The van der Waals surface area contributed by atoms with Gasteiger partial charge >= 0.3 is 0 Å². The molecule has 34 heavy (non-hydrogen) atoms. The summed E-state index contributed by atoms with van der Waals surface area (Å²) in [5, 5.41) is 0. The average molecular weight is 485 g/mol. The molecule has 3 unspecified atom stereocenters. The van der Waals surface area contributed by atoms with Crippen molar-refractivity contribution in [3.8, 4) is 0 Å². The second-order valence-corrected chi connectivity index (χ2v) is 11.0. The van der Waals surface area contributed by atoms with Crippen LogP contribution >= 0.6 is 0 Å². The van der Waals surface area contributed by atoms with Gasteiger partial charge in [0.15, 0.2) is 0 Å². The van der Waals surface area contributed by atoms with Crippen molar-refractivity contribution in [2.45, 2.75) is 187 Å². The molecule has 0 amide bonds. The Bertz CT molecular complexity index is 333. The van der Waals surface area contributed by atoms with Crippen LogP contribution in [0, 0.1) is 0 Å². The molecule has 0 spiro atoms. The molecule has 4 nitrogen and oxygen atoms in total. The first-order chi connectivity index (χ1) is 16.4. The predicted molar refractivity (Wildman–Crippen MR) is 156 cm³/mol. The van der Waals surface area contributed by atoms with Crippen molar-refractivity contribution >= 4 is 0 Å². The molecule has 0 heterocycles. The van der Waals surface area contributed by atoms with Gasteiger partial charge in [-0.2, -0.15) is 0 Å². The van der Waals surface area contributed by atoms with Gasteiger partial charge in [-0.25, -0.2) is 0 Å². The van der Waals surface area contributed by atoms with E-state index in [0.29, 0.717) is 18.1 Å². The molecule has 8 N–H and O–H groups in total. The van der Waals surface area contributed by atoms with Gasteiger partial charge in [-0.15, -0.1) is 0 Å². The number of hydrogen-bond donors (Lipinski definition) is 4. The van der Waals surface area contributed by atoms with Crippen LogP contribution in [0.5, 0.6) is 0 Å². The molecule has 3 atom stereocenters. The zero-order valence-corrected chi connectivity index (χ0v) is 24.0. The molecule has 0 aliphatic heterocycles. The summed E-state index contributed by atoms with van der Waals surface area (Å²) >= 11 is 0. The van der Waals surface area contributed by atoms with E-state index in [2.05, 4.69) is 20.8 Å². The topological polar surface area (TPSA) is 104 Å². The van der Waals surface area contributed by atoms with E-state index in [1.165, 1.54) is 148 Å². The lowest BCUT2D eigenvalue weighted by molar-refractivity contribution is 0.485. The Labute approximate surface area is 216 Å². The van der Waals surface area contributed by atoms with Crippen LogP contribution in [0.4, 0.5) is 0 Å². The van der Waals surface area contributed by atoms with Gasteiger partial charge in [0.1, 0.15) is 0 Å². The van der Waals surface area contributed by atoms with Crippen LogP contribution in [-0.4, -0.2) is 24.7 Å². The summed E-state index contributed by atoms with van der Waals surface area (Å²) in [6.07, 6.45) is 30.5. The Hall–Kier alpha value is -0.160. The van der Waals surface area contributed by atoms with Crippen molar-refractivity contribution in [3.63, 3.8) is 0 Å². The fourth-order valence-corrected chi connectivity index (χ4v) is 4.41. The summed E-state index contributed by atoms with van der Waals surface area (Å²) in [5.41, 5.74) is 23.0. The molecule has 0 aromatic carbocycles. The first-order valence-corrected chi connectivity index (χ1v) is 15.4. The molecule has 0 aromatic rings. The third-order valence-corrected chi connectivity index (χ3v) is 6.78. The van der Waals surface area contributed by atoms with Crippen LogP contribution in [-0.2, 0) is 0 Å².